The molecule has 0 aromatic heterocycles. The zero-order valence-corrected chi connectivity index (χ0v) is 12.0. The largest absolute Gasteiger partial charge is 0.392 e. The van der Waals surface area contributed by atoms with Gasteiger partial charge in [-0.25, -0.2) is 13.1 Å². The maximum absolute atomic E-state index is 12.1. The van der Waals surface area contributed by atoms with Crippen molar-refractivity contribution in [1.29, 1.82) is 0 Å². The van der Waals surface area contributed by atoms with E-state index in [1.165, 1.54) is 18.2 Å². The average molecular weight is 308 g/mol. The quantitative estimate of drug-likeness (QED) is 0.887. The Kier molecular flexibility index (Phi) is 4.55. The molecule has 0 saturated carbocycles. The number of rotatable bonds is 4. The van der Waals surface area contributed by atoms with Crippen LogP contribution in [-0.2, 0) is 16.6 Å². The highest BCUT2D eigenvalue weighted by Crippen LogP contribution is 2.23. The number of aliphatic hydroxyl groups is 1. The van der Waals surface area contributed by atoms with Gasteiger partial charge >= 0.3 is 0 Å². The molecule has 1 unspecified atom stereocenters. The lowest BCUT2D eigenvalue weighted by Crippen LogP contribution is -2.34. The maximum atomic E-state index is 12.1. The topological polar surface area (TPSA) is 66.4 Å². The first kappa shape index (κ1) is 14.1. The highest BCUT2D eigenvalue weighted by molar-refractivity contribution is 7.99. The van der Waals surface area contributed by atoms with Crippen LogP contribution in [0.25, 0.3) is 0 Å². The molecule has 0 amide bonds. The van der Waals surface area contributed by atoms with Crippen molar-refractivity contribution in [3.63, 3.8) is 0 Å². The van der Waals surface area contributed by atoms with Crippen LogP contribution in [-0.4, -0.2) is 31.1 Å². The summed E-state index contributed by atoms with van der Waals surface area (Å²) in [5.74, 6) is 1.79. The minimum Gasteiger partial charge on any atom is -0.392 e. The molecule has 0 radical (unpaired) electrons. The molecule has 1 aromatic carbocycles. The Morgan fingerprint density at radius 1 is 1.50 bits per heavy atom. The Labute approximate surface area is 116 Å². The maximum Gasteiger partial charge on any atom is 0.240 e. The van der Waals surface area contributed by atoms with Crippen LogP contribution in [0.2, 0.25) is 5.02 Å². The van der Waals surface area contributed by atoms with E-state index in [1.54, 1.807) is 11.8 Å². The third kappa shape index (κ3) is 3.19. The van der Waals surface area contributed by atoms with Crippen molar-refractivity contribution in [2.24, 2.45) is 0 Å². The average Bonchev–Trinajstić information content (AvgIpc) is 2.81. The predicted molar refractivity (Wildman–Crippen MR) is 73.4 cm³/mol. The number of benzene rings is 1. The molecule has 0 spiro atoms. The summed E-state index contributed by atoms with van der Waals surface area (Å²) in [4.78, 5) is 0.140. The molecule has 18 heavy (non-hydrogen) atoms. The van der Waals surface area contributed by atoms with Crippen LogP contribution < -0.4 is 4.72 Å². The van der Waals surface area contributed by atoms with Gasteiger partial charge < -0.3 is 5.11 Å². The Hall–Kier alpha value is -0.270. The van der Waals surface area contributed by atoms with Crippen LogP contribution in [0, 0.1) is 0 Å². The van der Waals surface area contributed by atoms with Gasteiger partial charge in [0.1, 0.15) is 0 Å². The summed E-state index contributed by atoms with van der Waals surface area (Å²) < 4.78 is 26.9. The van der Waals surface area contributed by atoms with E-state index < -0.39 is 10.0 Å². The fourth-order valence-electron chi connectivity index (χ4n) is 1.74. The molecule has 1 heterocycles. The minimum atomic E-state index is -3.52. The lowest BCUT2D eigenvalue weighted by molar-refractivity contribution is 0.282. The monoisotopic (exact) mass is 307 g/mol. The van der Waals surface area contributed by atoms with Gasteiger partial charge in [0, 0.05) is 16.8 Å². The number of nitrogens with one attached hydrogen (secondary N) is 1. The van der Waals surface area contributed by atoms with Crippen LogP contribution in [0.5, 0.6) is 0 Å². The first-order valence-corrected chi connectivity index (χ1v) is 8.54. The van der Waals surface area contributed by atoms with E-state index in [0.29, 0.717) is 5.56 Å². The minimum absolute atomic E-state index is 0.00343. The van der Waals surface area contributed by atoms with Crippen molar-refractivity contribution < 1.29 is 13.5 Å². The van der Waals surface area contributed by atoms with Crippen LogP contribution >= 0.6 is 23.4 Å². The number of sulfonamides is 1. The molecular formula is C11H14ClNO3S2. The van der Waals surface area contributed by atoms with Gasteiger partial charge in [0.2, 0.25) is 10.0 Å². The van der Waals surface area contributed by atoms with Gasteiger partial charge in [0.25, 0.3) is 0 Å². The molecule has 1 aliphatic heterocycles. The van der Waals surface area contributed by atoms with Crippen molar-refractivity contribution in [1.82, 2.24) is 4.72 Å². The van der Waals surface area contributed by atoms with Crippen LogP contribution in [0.4, 0.5) is 0 Å². The first-order chi connectivity index (χ1) is 8.53. The lowest BCUT2D eigenvalue weighted by atomic mass is 10.2. The van der Waals surface area contributed by atoms with Gasteiger partial charge in [-0.05, 0) is 29.9 Å². The van der Waals surface area contributed by atoms with Crippen molar-refractivity contribution >= 4 is 33.4 Å². The summed E-state index contributed by atoms with van der Waals surface area (Å²) in [5.41, 5.74) is 0.520. The fraction of sp³-hybridized carbons (Fsp3) is 0.455. The van der Waals surface area contributed by atoms with E-state index in [4.69, 9.17) is 16.7 Å². The van der Waals surface area contributed by atoms with Gasteiger partial charge in [-0.3, -0.25) is 0 Å². The van der Waals surface area contributed by atoms with E-state index in [9.17, 15) is 8.42 Å². The molecule has 0 bridgehead atoms. The molecule has 0 aliphatic carbocycles. The summed E-state index contributed by atoms with van der Waals surface area (Å²) >= 11 is 7.64. The molecule has 2 rings (SSSR count). The highest BCUT2D eigenvalue weighted by Gasteiger charge is 2.23. The Bertz CT molecular complexity index is 527. The fourth-order valence-corrected chi connectivity index (χ4v) is 4.60. The van der Waals surface area contributed by atoms with Crippen molar-refractivity contribution in [2.45, 2.75) is 24.0 Å². The Morgan fingerprint density at radius 3 is 2.83 bits per heavy atom. The molecule has 100 valence electrons. The van der Waals surface area contributed by atoms with Crippen molar-refractivity contribution in [3.8, 4) is 0 Å². The van der Waals surface area contributed by atoms with Gasteiger partial charge in [-0.2, -0.15) is 11.8 Å². The second-order valence-electron chi connectivity index (χ2n) is 4.09. The van der Waals surface area contributed by atoms with Gasteiger partial charge in [0.15, 0.2) is 0 Å². The predicted octanol–water partition coefficient (Wildman–Crippen LogP) is 1.62. The standard InChI is InChI=1S/C11H14ClNO3S2/c12-11-5-10(2-1-8(11)6-14)18(15,16)13-9-3-4-17-7-9/h1-2,5,9,13-14H,3-4,6-7H2. The third-order valence-corrected chi connectivity index (χ3v) is 5.79. The van der Waals surface area contributed by atoms with Crippen LogP contribution in [0.3, 0.4) is 0 Å². The number of halogens is 1. The molecule has 1 fully saturated rings. The highest BCUT2D eigenvalue weighted by atomic mass is 35.5. The number of thioether (sulfide) groups is 1. The van der Waals surface area contributed by atoms with Crippen LogP contribution in [0.1, 0.15) is 12.0 Å². The second kappa shape index (κ2) is 5.79. The molecule has 2 N–H and O–H groups in total. The zero-order chi connectivity index (χ0) is 13.2. The smallest absolute Gasteiger partial charge is 0.240 e. The van der Waals surface area contributed by atoms with Crippen molar-refractivity contribution in [2.75, 3.05) is 11.5 Å². The van der Waals surface area contributed by atoms with Crippen LogP contribution in [0.15, 0.2) is 23.1 Å². The number of hydrogen-bond donors (Lipinski definition) is 2. The summed E-state index contributed by atoms with van der Waals surface area (Å²) in [6.45, 7) is -0.203. The Morgan fingerprint density at radius 2 is 2.28 bits per heavy atom. The molecule has 1 aromatic rings. The number of aliphatic hydroxyl groups excluding tert-OH is 1. The van der Waals surface area contributed by atoms with E-state index in [2.05, 4.69) is 4.72 Å². The van der Waals surface area contributed by atoms with E-state index in [0.717, 1.165) is 17.9 Å². The molecule has 1 saturated heterocycles. The lowest BCUT2D eigenvalue weighted by Gasteiger charge is -2.12. The van der Waals surface area contributed by atoms with Gasteiger partial charge in [0.05, 0.1) is 11.5 Å². The van der Waals surface area contributed by atoms with E-state index >= 15 is 0 Å². The van der Waals surface area contributed by atoms with Gasteiger partial charge in [-0.1, -0.05) is 17.7 Å². The summed E-state index contributed by atoms with van der Waals surface area (Å²) in [7, 11) is -3.52. The summed E-state index contributed by atoms with van der Waals surface area (Å²) in [6, 6.07) is 4.36. The molecular weight excluding hydrogens is 294 g/mol. The molecule has 7 heteroatoms. The van der Waals surface area contributed by atoms with Gasteiger partial charge in [-0.15, -0.1) is 0 Å². The summed E-state index contributed by atoms with van der Waals surface area (Å²) in [5, 5.41) is 9.25. The normalized spacial score (nSPS) is 20.2. The molecule has 4 nitrogen and oxygen atoms in total. The zero-order valence-electron chi connectivity index (χ0n) is 9.60. The first-order valence-electron chi connectivity index (χ1n) is 5.52. The second-order valence-corrected chi connectivity index (χ2v) is 7.36. The van der Waals surface area contributed by atoms with Crippen molar-refractivity contribution in [3.05, 3.63) is 28.8 Å². The van der Waals surface area contributed by atoms with E-state index in [-0.39, 0.29) is 22.6 Å². The van der Waals surface area contributed by atoms with E-state index in [1.807, 2.05) is 0 Å². The SMILES string of the molecule is O=S(=O)(NC1CCSC1)c1ccc(CO)c(Cl)c1. The molecule has 1 atom stereocenters. The molecule has 1 aliphatic rings. The Balaban J connectivity index is 2.21. The number of hydrogen-bond acceptors (Lipinski definition) is 4. The third-order valence-electron chi connectivity index (χ3n) is 2.76. The summed E-state index contributed by atoms with van der Waals surface area (Å²) in [6.07, 6.45) is 0.854.